The van der Waals surface area contributed by atoms with Gasteiger partial charge in [0.15, 0.2) is 5.90 Å². The number of hydrogen-bond donors (Lipinski definition) is 1. The zero-order valence-electron chi connectivity index (χ0n) is 11.6. The van der Waals surface area contributed by atoms with Crippen molar-refractivity contribution in [1.29, 1.82) is 0 Å². The molecule has 2 atom stereocenters. The van der Waals surface area contributed by atoms with Gasteiger partial charge in [0, 0.05) is 12.5 Å². The lowest BCUT2D eigenvalue weighted by molar-refractivity contribution is 0.285. The molecule has 0 aromatic heterocycles. The second-order valence-electron chi connectivity index (χ2n) is 5.61. The van der Waals surface area contributed by atoms with Gasteiger partial charge in [0.05, 0.1) is 6.04 Å². The topological polar surface area (TPSA) is 33.6 Å². The second kappa shape index (κ2) is 5.74. The molecule has 3 nitrogen and oxygen atoms in total. The molecule has 1 aromatic carbocycles. The summed E-state index contributed by atoms with van der Waals surface area (Å²) in [6.45, 7) is 5.08. The highest BCUT2D eigenvalue weighted by Gasteiger charge is 2.27. The van der Waals surface area contributed by atoms with Crippen LogP contribution in [0.15, 0.2) is 29.3 Å². The Balaban J connectivity index is 1.64. The van der Waals surface area contributed by atoms with Crippen molar-refractivity contribution in [2.75, 3.05) is 19.7 Å². The van der Waals surface area contributed by atoms with Gasteiger partial charge in [-0.3, -0.25) is 0 Å². The number of hydrogen-bond acceptors (Lipinski definition) is 3. The highest BCUT2D eigenvalue weighted by molar-refractivity contribution is 5.80. The summed E-state index contributed by atoms with van der Waals surface area (Å²) in [5.74, 6) is 1.49. The predicted octanol–water partition coefficient (Wildman–Crippen LogP) is 2.33. The standard InChI is InChI=1S/C16H22N2O/c1-12-5-2-3-6-13(12)9-15-11-19-16(18-15)14-7-4-8-17-10-14/h2-3,5-6,14-15,17H,4,7-11H2,1H3. The third-order valence-electron chi connectivity index (χ3n) is 4.10. The Kier molecular flexibility index (Phi) is 3.83. The van der Waals surface area contributed by atoms with Crippen LogP contribution in [0.1, 0.15) is 24.0 Å². The molecule has 3 rings (SSSR count). The first-order valence-corrected chi connectivity index (χ1v) is 7.28. The molecule has 0 spiro atoms. The van der Waals surface area contributed by atoms with Gasteiger partial charge in [0.2, 0.25) is 0 Å². The largest absolute Gasteiger partial charge is 0.478 e. The summed E-state index contributed by atoms with van der Waals surface area (Å²) in [4.78, 5) is 4.80. The molecule has 1 fully saturated rings. The van der Waals surface area contributed by atoms with E-state index in [0.717, 1.165) is 32.0 Å². The third-order valence-corrected chi connectivity index (χ3v) is 4.10. The molecule has 1 aromatic rings. The van der Waals surface area contributed by atoms with E-state index in [1.807, 2.05) is 0 Å². The van der Waals surface area contributed by atoms with Gasteiger partial charge in [-0.05, 0) is 43.9 Å². The Labute approximate surface area is 115 Å². The number of ether oxygens (including phenoxy) is 1. The first kappa shape index (κ1) is 12.7. The Morgan fingerprint density at radius 3 is 3.05 bits per heavy atom. The predicted molar refractivity (Wildman–Crippen MR) is 77.7 cm³/mol. The van der Waals surface area contributed by atoms with Gasteiger partial charge in [-0.1, -0.05) is 24.3 Å². The molecule has 0 amide bonds. The molecule has 3 heteroatoms. The first-order valence-electron chi connectivity index (χ1n) is 7.28. The van der Waals surface area contributed by atoms with Crippen molar-refractivity contribution in [2.45, 2.75) is 32.2 Å². The van der Waals surface area contributed by atoms with Crippen molar-refractivity contribution in [3.8, 4) is 0 Å². The van der Waals surface area contributed by atoms with Gasteiger partial charge >= 0.3 is 0 Å². The maximum Gasteiger partial charge on any atom is 0.188 e. The summed E-state index contributed by atoms with van der Waals surface area (Å²) in [7, 11) is 0. The van der Waals surface area contributed by atoms with Crippen LogP contribution in [0.3, 0.4) is 0 Å². The lowest BCUT2D eigenvalue weighted by Crippen LogP contribution is -2.34. The first-order chi connectivity index (χ1) is 9.33. The molecule has 0 aliphatic carbocycles. The summed E-state index contributed by atoms with van der Waals surface area (Å²) in [5.41, 5.74) is 2.74. The quantitative estimate of drug-likeness (QED) is 0.903. The molecule has 2 unspecified atom stereocenters. The molecule has 0 saturated carbocycles. The van der Waals surface area contributed by atoms with Gasteiger partial charge < -0.3 is 10.1 Å². The summed E-state index contributed by atoms with van der Waals surface area (Å²) in [6.07, 6.45) is 3.44. The lowest BCUT2D eigenvalue weighted by Gasteiger charge is -2.21. The van der Waals surface area contributed by atoms with Crippen LogP contribution in [0.5, 0.6) is 0 Å². The molecule has 1 saturated heterocycles. The van der Waals surface area contributed by atoms with E-state index in [4.69, 9.17) is 9.73 Å². The Morgan fingerprint density at radius 1 is 1.37 bits per heavy atom. The molecular weight excluding hydrogens is 236 g/mol. The summed E-state index contributed by atoms with van der Waals surface area (Å²) in [5, 5.41) is 3.42. The summed E-state index contributed by atoms with van der Waals surface area (Å²) < 4.78 is 5.83. The number of nitrogens with one attached hydrogen (secondary N) is 1. The monoisotopic (exact) mass is 258 g/mol. The molecule has 0 radical (unpaired) electrons. The third kappa shape index (κ3) is 2.98. The van der Waals surface area contributed by atoms with E-state index in [2.05, 4.69) is 36.5 Å². The van der Waals surface area contributed by atoms with Crippen molar-refractivity contribution < 1.29 is 4.74 Å². The fourth-order valence-electron chi connectivity index (χ4n) is 2.92. The Hall–Kier alpha value is -1.35. The Morgan fingerprint density at radius 2 is 2.26 bits per heavy atom. The van der Waals surface area contributed by atoms with Gasteiger partial charge in [0.1, 0.15) is 6.61 Å². The molecule has 2 aliphatic rings. The molecular formula is C16H22N2O. The van der Waals surface area contributed by atoms with E-state index in [0.29, 0.717) is 12.0 Å². The molecule has 19 heavy (non-hydrogen) atoms. The molecule has 2 aliphatic heterocycles. The Bertz CT molecular complexity index is 464. The van der Waals surface area contributed by atoms with E-state index >= 15 is 0 Å². The number of rotatable bonds is 3. The van der Waals surface area contributed by atoms with Crippen molar-refractivity contribution in [1.82, 2.24) is 5.32 Å². The van der Waals surface area contributed by atoms with E-state index in [-0.39, 0.29) is 0 Å². The number of aliphatic imine (C=N–C) groups is 1. The average Bonchev–Trinajstić information content (AvgIpc) is 2.91. The van der Waals surface area contributed by atoms with Gasteiger partial charge in [0.25, 0.3) is 0 Å². The maximum absolute atomic E-state index is 5.83. The van der Waals surface area contributed by atoms with Crippen LogP contribution in [0.4, 0.5) is 0 Å². The highest BCUT2D eigenvalue weighted by atomic mass is 16.5. The summed E-state index contributed by atoms with van der Waals surface area (Å²) in [6, 6.07) is 8.87. The molecule has 1 N–H and O–H groups in total. The van der Waals surface area contributed by atoms with Crippen LogP contribution in [-0.2, 0) is 11.2 Å². The zero-order chi connectivity index (χ0) is 13.1. The minimum absolute atomic E-state index is 0.304. The van der Waals surface area contributed by atoms with Crippen molar-refractivity contribution >= 4 is 5.90 Å². The van der Waals surface area contributed by atoms with E-state index in [1.54, 1.807) is 0 Å². The normalized spacial score (nSPS) is 26.9. The highest BCUT2D eigenvalue weighted by Crippen LogP contribution is 2.21. The van der Waals surface area contributed by atoms with Crippen LogP contribution in [0, 0.1) is 12.8 Å². The fraction of sp³-hybridized carbons (Fsp3) is 0.562. The number of aryl methyl sites for hydroxylation is 1. The van der Waals surface area contributed by atoms with Gasteiger partial charge in [-0.25, -0.2) is 4.99 Å². The SMILES string of the molecule is Cc1ccccc1CC1COC(C2CCCNC2)=N1. The van der Waals surface area contributed by atoms with E-state index in [1.165, 1.54) is 24.0 Å². The number of nitrogens with zero attached hydrogens (tertiary/aromatic N) is 1. The van der Waals surface area contributed by atoms with Crippen LogP contribution < -0.4 is 5.32 Å². The number of benzene rings is 1. The number of piperidine rings is 1. The van der Waals surface area contributed by atoms with Crippen molar-refractivity contribution in [2.24, 2.45) is 10.9 Å². The summed E-state index contributed by atoms with van der Waals surface area (Å²) >= 11 is 0. The van der Waals surface area contributed by atoms with Crippen LogP contribution in [-0.4, -0.2) is 31.6 Å². The molecule has 0 bridgehead atoms. The second-order valence-corrected chi connectivity index (χ2v) is 5.61. The lowest BCUT2D eigenvalue weighted by atomic mass is 9.99. The van der Waals surface area contributed by atoms with Crippen LogP contribution in [0.2, 0.25) is 0 Å². The average molecular weight is 258 g/mol. The fourth-order valence-corrected chi connectivity index (χ4v) is 2.92. The molecule has 2 heterocycles. The maximum atomic E-state index is 5.83. The van der Waals surface area contributed by atoms with Gasteiger partial charge in [-0.2, -0.15) is 0 Å². The smallest absolute Gasteiger partial charge is 0.188 e. The van der Waals surface area contributed by atoms with Crippen LogP contribution in [0.25, 0.3) is 0 Å². The van der Waals surface area contributed by atoms with Crippen molar-refractivity contribution in [3.05, 3.63) is 35.4 Å². The minimum atomic E-state index is 0.304. The molecule has 102 valence electrons. The van der Waals surface area contributed by atoms with Crippen LogP contribution >= 0.6 is 0 Å². The van der Waals surface area contributed by atoms with E-state index < -0.39 is 0 Å². The van der Waals surface area contributed by atoms with Gasteiger partial charge in [-0.15, -0.1) is 0 Å². The van der Waals surface area contributed by atoms with Crippen molar-refractivity contribution in [3.63, 3.8) is 0 Å². The zero-order valence-corrected chi connectivity index (χ0v) is 11.6. The van der Waals surface area contributed by atoms with E-state index in [9.17, 15) is 0 Å². The minimum Gasteiger partial charge on any atom is -0.478 e.